The lowest BCUT2D eigenvalue weighted by atomic mass is 9.55. The molecule has 18 heavy (non-hydrogen) atoms. The predicted octanol–water partition coefficient (Wildman–Crippen LogP) is 4.35. The third-order valence-corrected chi connectivity index (χ3v) is 5.95. The Balaban J connectivity index is 3.17. The van der Waals surface area contributed by atoms with E-state index in [0.29, 0.717) is 5.92 Å². The number of hydrogen-bond acceptors (Lipinski definition) is 2. The van der Waals surface area contributed by atoms with Crippen LogP contribution >= 0.6 is 0 Å². The maximum Gasteiger partial charge on any atom is 0.330 e. The van der Waals surface area contributed by atoms with Gasteiger partial charge in [-0.25, -0.2) is 4.79 Å². The van der Waals surface area contributed by atoms with Crippen molar-refractivity contribution < 1.29 is 9.53 Å². The normalized spacial score (nSPS) is 34.4. The minimum absolute atomic E-state index is 0.0748. The Bertz CT molecular complexity index is 341. The van der Waals surface area contributed by atoms with Gasteiger partial charge in [0.05, 0.1) is 0 Å². The van der Waals surface area contributed by atoms with E-state index in [1.807, 2.05) is 0 Å². The molecule has 2 atom stereocenters. The molecule has 0 N–H and O–H groups in total. The van der Waals surface area contributed by atoms with Crippen LogP contribution < -0.4 is 0 Å². The summed E-state index contributed by atoms with van der Waals surface area (Å²) in [5.74, 6) is 0.313. The highest BCUT2D eigenvalue weighted by Gasteiger charge is 2.55. The van der Waals surface area contributed by atoms with E-state index in [9.17, 15) is 4.79 Å². The van der Waals surface area contributed by atoms with Gasteiger partial charge in [-0.15, -0.1) is 0 Å². The van der Waals surface area contributed by atoms with Gasteiger partial charge in [0.25, 0.3) is 0 Å². The van der Waals surface area contributed by atoms with Crippen LogP contribution in [0.2, 0.25) is 0 Å². The van der Waals surface area contributed by atoms with E-state index in [2.05, 4.69) is 48.1 Å². The van der Waals surface area contributed by atoms with Gasteiger partial charge in [-0.3, -0.25) is 0 Å². The van der Waals surface area contributed by atoms with E-state index in [-0.39, 0.29) is 16.8 Å². The fraction of sp³-hybridized carbons (Fsp3) is 0.812. The van der Waals surface area contributed by atoms with Crippen LogP contribution in [-0.2, 0) is 9.53 Å². The highest BCUT2D eigenvalue weighted by atomic mass is 16.6. The number of hydrogen-bond donors (Lipinski definition) is 0. The van der Waals surface area contributed by atoms with Gasteiger partial charge < -0.3 is 4.74 Å². The zero-order valence-corrected chi connectivity index (χ0v) is 12.8. The molecule has 0 aliphatic heterocycles. The fourth-order valence-electron chi connectivity index (χ4n) is 3.16. The Morgan fingerprint density at radius 3 is 2.33 bits per heavy atom. The highest BCUT2D eigenvalue weighted by molar-refractivity contribution is 5.81. The van der Waals surface area contributed by atoms with E-state index in [4.69, 9.17) is 4.74 Å². The van der Waals surface area contributed by atoms with Crippen molar-refractivity contribution in [2.75, 3.05) is 0 Å². The van der Waals surface area contributed by atoms with Gasteiger partial charge in [-0.2, -0.15) is 0 Å². The smallest absolute Gasteiger partial charge is 0.330 e. The molecule has 0 spiro atoms. The fourth-order valence-corrected chi connectivity index (χ4v) is 3.16. The summed E-state index contributed by atoms with van der Waals surface area (Å²) >= 11 is 0. The van der Waals surface area contributed by atoms with Gasteiger partial charge in [-0.1, -0.05) is 47.6 Å². The Hall–Kier alpha value is -0.790. The standard InChI is InChI=1S/C16H28O2/c1-8-13(17)18-16(7)11-9-10-12(2)14(3,4)15(16,5)6/h8,12H,1,9-11H2,2-7H3. The Morgan fingerprint density at radius 1 is 1.28 bits per heavy atom. The summed E-state index contributed by atoms with van der Waals surface area (Å²) in [7, 11) is 0. The summed E-state index contributed by atoms with van der Waals surface area (Å²) in [6, 6.07) is 0. The topological polar surface area (TPSA) is 26.3 Å². The first-order valence-corrected chi connectivity index (χ1v) is 6.94. The average Bonchev–Trinajstić information content (AvgIpc) is 2.31. The van der Waals surface area contributed by atoms with E-state index >= 15 is 0 Å². The summed E-state index contributed by atoms with van der Waals surface area (Å²) in [6.45, 7) is 16.9. The number of rotatable bonds is 2. The minimum Gasteiger partial charge on any atom is -0.456 e. The van der Waals surface area contributed by atoms with Crippen LogP contribution in [0.4, 0.5) is 0 Å². The maximum absolute atomic E-state index is 11.6. The SMILES string of the molecule is C=CC(=O)OC1(C)CCCC(C)C(C)(C)C1(C)C. The van der Waals surface area contributed by atoms with E-state index in [1.165, 1.54) is 12.5 Å². The van der Waals surface area contributed by atoms with Gasteiger partial charge in [0, 0.05) is 11.5 Å². The molecule has 1 rings (SSSR count). The van der Waals surface area contributed by atoms with Gasteiger partial charge in [0.2, 0.25) is 0 Å². The molecule has 0 radical (unpaired) electrons. The monoisotopic (exact) mass is 252 g/mol. The van der Waals surface area contributed by atoms with Crippen molar-refractivity contribution >= 4 is 5.97 Å². The molecule has 1 aliphatic rings. The molecule has 0 aromatic rings. The molecular weight excluding hydrogens is 224 g/mol. The van der Waals surface area contributed by atoms with E-state index in [1.54, 1.807) is 0 Å². The third-order valence-electron chi connectivity index (χ3n) is 5.95. The van der Waals surface area contributed by atoms with Crippen LogP contribution in [0.1, 0.15) is 60.8 Å². The summed E-state index contributed by atoms with van der Waals surface area (Å²) in [4.78, 5) is 11.6. The van der Waals surface area contributed by atoms with E-state index in [0.717, 1.165) is 12.8 Å². The maximum atomic E-state index is 11.6. The second kappa shape index (κ2) is 4.71. The zero-order valence-electron chi connectivity index (χ0n) is 12.8. The van der Waals surface area contributed by atoms with Crippen molar-refractivity contribution in [3.05, 3.63) is 12.7 Å². The number of carbonyl (C=O) groups is 1. The summed E-state index contributed by atoms with van der Waals surface area (Å²) in [5, 5.41) is 0. The van der Waals surface area contributed by atoms with Crippen molar-refractivity contribution in [1.82, 2.24) is 0 Å². The minimum atomic E-state index is -0.424. The largest absolute Gasteiger partial charge is 0.456 e. The molecule has 2 unspecified atom stereocenters. The first kappa shape index (κ1) is 15.3. The third kappa shape index (κ3) is 2.22. The molecule has 0 heterocycles. The predicted molar refractivity (Wildman–Crippen MR) is 75.3 cm³/mol. The number of carbonyl (C=O) groups excluding carboxylic acids is 1. The van der Waals surface area contributed by atoms with Gasteiger partial charge >= 0.3 is 5.97 Å². The van der Waals surface area contributed by atoms with Crippen LogP contribution in [-0.4, -0.2) is 11.6 Å². The highest BCUT2D eigenvalue weighted by Crippen LogP contribution is 2.57. The lowest BCUT2D eigenvalue weighted by molar-refractivity contribution is -0.181. The van der Waals surface area contributed by atoms with Gasteiger partial charge in [0.15, 0.2) is 0 Å². The Morgan fingerprint density at radius 2 is 1.83 bits per heavy atom. The molecule has 2 heteroatoms. The summed E-state index contributed by atoms with van der Waals surface area (Å²) in [6.07, 6.45) is 4.49. The molecule has 0 bridgehead atoms. The molecule has 104 valence electrons. The van der Waals surface area contributed by atoms with Crippen LogP contribution in [0, 0.1) is 16.7 Å². The Kier molecular flexibility index (Phi) is 4.00. The van der Waals surface area contributed by atoms with Crippen LogP contribution in [0.15, 0.2) is 12.7 Å². The van der Waals surface area contributed by atoms with E-state index < -0.39 is 5.60 Å². The zero-order chi connectivity index (χ0) is 14.2. The molecular formula is C16H28O2. The average molecular weight is 252 g/mol. The van der Waals surface area contributed by atoms with Crippen molar-refractivity contribution in [2.24, 2.45) is 16.7 Å². The number of esters is 1. The van der Waals surface area contributed by atoms with Crippen molar-refractivity contribution in [1.29, 1.82) is 0 Å². The quantitative estimate of drug-likeness (QED) is 0.415. The molecule has 0 saturated heterocycles. The van der Waals surface area contributed by atoms with Crippen molar-refractivity contribution in [3.63, 3.8) is 0 Å². The molecule has 2 nitrogen and oxygen atoms in total. The molecule has 0 aromatic carbocycles. The lowest BCUT2D eigenvalue weighted by Crippen LogP contribution is -2.53. The second-order valence-corrected chi connectivity index (χ2v) is 7.00. The molecule has 1 aliphatic carbocycles. The Labute approximate surface area is 112 Å². The number of ether oxygens (including phenoxy) is 1. The molecule has 1 saturated carbocycles. The van der Waals surface area contributed by atoms with Crippen molar-refractivity contribution in [3.8, 4) is 0 Å². The van der Waals surface area contributed by atoms with Gasteiger partial charge in [0.1, 0.15) is 5.60 Å². The lowest BCUT2D eigenvalue weighted by Gasteiger charge is -2.53. The summed E-state index contributed by atoms with van der Waals surface area (Å²) in [5.41, 5.74) is -0.374. The summed E-state index contributed by atoms with van der Waals surface area (Å²) < 4.78 is 5.75. The molecule has 1 fully saturated rings. The molecule has 0 aromatic heterocycles. The van der Waals surface area contributed by atoms with Crippen LogP contribution in [0.3, 0.4) is 0 Å². The van der Waals surface area contributed by atoms with Crippen LogP contribution in [0.5, 0.6) is 0 Å². The molecule has 0 amide bonds. The second-order valence-electron chi connectivity index (χ2n) is 7.00. The van der Waals surface area contributed by atoms with Crippen molar-refractivity contribution in [2.45, 2.75) is 66.4 Å². The van der Waals surface area contributed by atoms with Gasteiger partial charge in [-0.05, 0) is 31.1 Å². The first-order valence-electron chi connectivity index (χ1n) is 6.94. The first-order chi connectivity index (χ1) is 8.08. The van der Waals surface area contributed by atoms with Crippen LogP contribution in [0.25, 0.3) is 0 Å².